The Hall–Kier alpha value is -2.55. The van der Waals surface area contributed by atoms with Gasteiger partial charge in [0.2, 0.25) is 0 Å². The van der Waals surface area contributed by atoms with E-state index in [0.29, 0.717) is 11.4 Å². The molecule has 0 bridgehead atoms. The van der Waals surface area contributed by atoms with Gasteiger partial charge in [-0.2, -0.15) is 0 Å². The highest BCUT2D eigenvalue weighted by molar-refractivity contribution is 5.92. The lowest BCUT2D eigenvalue weighted by atomic mass is 10.1. The molecule has 1 aromatic carbocycles. The van der Waals surface area contributed by atoms with Crippen molar-refractivity contribution < 1.29 is 32.8 Å². The van der Waals surface area contributed by atoms with Crippen LogP contribution in [-0.2, 0) is 14.3 Å². The summed E-state index contributed by atoms with van der Waals surface area (Å²) in [4.78, 5) is 35.7. The number of imide groups is 1. The van der Waals surface area contributed by atoms with Crippen molar-refractivity contribution in [1.29, 1.82) is 0 Å². The van der Waals surface area contributed by atoms with Gasteiger partial charge in [0, 0.05) is 11.6 Å². The number of halogens is 2. The number of amides is 3. The number of rotatable bonds is 8. The van der Waals surface area contributed by atoms with Crippen LogP contribution in [-0.4, -0.2) is 44.1 Å². The number of benzene rings is 1. The fourth-order valence-electron chi connectivity index (χ4n) is 2.31. The van der Waals surface area contributed by atoms with Gasteiger partial charge in [-0.3, -0.25) is 14.9 Å². The maximum Gasteiger partial charge on any atom is 0.414 e. The molecule has 3 N–H and O–H groups in total. The van der Waals surface area contributed by atoms with Gasteiger partial charge in [0.25, 0.3) is 11.8 Å². The van der Waals surface area contributed by atoms with Crippen LogP contribution in [0.15, 0.2) is 18.2 Å². The van der Waals surface area contributed by atoms with Gasteiger partial charge < -0.3 is 15.0 Å². The second-order valence-corrected chi connectivity index (χ2v) is 5.68. The number of carbonyl (C=O) groups excluding carboxylic acids is 3. The fourth-order valence-corrected chi connectivity index (χ4v) is 2.31. The minimum Gasteiger partial charge on any atom is -0.450 e. The van der Waals surface area contributed by atoms with Gasteiger partial charge in [-0.15, -0.1) is 0 Å². The zero-order valence-corrected chi connectivity index (χ0v) is 15.0. The molecular formula is C17H24F2N3O4+. The third kappa shape index (κ3) is 7.14. The van der Waals surface area contributed by atoms with Gasteiger partial charge in [-0.1, -0.05) is 6.07 Å². The first kappa shape index (κ1) is 21.5. The third-order valence-electron chi connectivity index (χ3n) is 3.64. The molecule has 144 valence electrons. The zero-order valence-electron chi connectivity index (χ0n) is 15.0. The molecule has 7 nitrogen and oxygen atoms in total. The van der Waals surface area contributed by atoms with Crippen LogP contribution < -0.4 is 15.5 Å². The number of hydrogen-bond acceptors (Lipinski definition) is 4. The van der Waals surface area contributed by atoms with Crippen molar-refractivity contribution in [2.45, 2.75) is 26.8 Å². The summed E-state index contributed by atoms with van der Waals surface area (Å²) in [5.74, 6) is -2.40. The first-order chi connectivity index (χ1) is 12.3. The largest absolute Gasteiger partial charge is 0.450 e. The number of nitrogens with one attached hydrogen (secondary N) is 3. The van der Waals surface area contributed by atoms with E-state index in [0.717, 1.165) is 12.1 Å². The highest BCUT2D eigenvalue weighted by Gasteiger charge is 2.21. The Bertz CT molecular complexity index is 655. The monoisotopic (exact) mass is 372 g/mol. The van der Waals surface area contributed by atoms with Gasteiger partial charge in [-0.05, 0) is 26.8 Å². The minimum absolute atomic E-state index is 0.0418. The lowest BCUT2D eigenvalue weighted by Gasteiger charge is -2.19. The summed E-state index contributed by atoms with van der Waals surface area (Å²) in [5, 5.41) is 4.67. The first-order valence-corrected chi connectivity index (χ1v) is 8.31. The molecule has 3 amide bonds. The predicted molar refractivity (Wildman–Crippen MR) is 89.3 cm³/mol. The van der Waals surface area contributed by atoms with E-state index in [1.165, 1.54) is 6.07 Å². The second-order valence-electron chi connectivity index (χ2n) is 5.68. The average Bonchev–Trinajstić information content (AvgIpc) is 2.53. The van der Waals surface area contributed by atoms with Crippen LogP contribution in [0.2, 0.25) is 0 Å². The predicted octanol–water partition coefficient (Wildman–Crippen LogP) is 0.320. The molecule has 0 aromatic heterocycles. The molecule has 0 saturated heterocycles. The van der Waals surface area contributed by atoms with Crippen LogP contribution in [0, 0.1) is 11.6 Å². The lowest BCUT2D eigenvalue weighted by Crippen LogP contribution is -3.14. The number of carbonyl (C=O) groups is 3. The summed E-state index contributed by atoms with van der Waals surface area (Å²) in [5.41, 5.74) is 0.165. The van der Waals surface area contributed by atoms with Gasteiger partial charge >= 0.3 is 6.09 Å². The molecule has 0 aliphatic rings. The molecule has 26 heavy (non-hydrogen) atoms. The molecule has 1 aromatic rings. The average molecular weight is 372 g/mol. The number of quaternary nitrogens is 1. The van der Waals surface area contributed by atoms with Crippen molar-refractivity contribution in [1.82, 2.24) is 10.6 Å². The Labute approximate surface area is 150 Å². The second kappa shape index (κ2) is 10.4. The van der Waals surface area contributed by atoms with E-state index in [1.54, 1.807) is 20.8 Å². The van der Waals surface area contributed by atoms with Crippen molar-refractivity contribution in [3.8, 4) is 0 Å². The van der Waals surface area contributed by atoms with Crippen molar-refractivity contribution in [3.05, 3.63) is 35.4 Å². The van der Waals surface area contributed by atoms with Crippen LogP contribution in [0.3, 0.4) is 0 Å². The minimum atomic E-state index is -0.835. The number of alkyl carbamates (subject to hydrolysis) is 1. The summed E-state index contributed by atoms with van der Waals surface area (Å²) in [6.45, 7) is 5.44. The van der Waals surface area contributed by atoms with E-state index in [9.17, 15) is 23.2 Å². The summed E-state index contributed by atoms with van der Waals surface area (Å²) >= 11 is 0. The Morgan fingerprint density at radius 3 is 2.38 bits per heavy atom. The van der Waals surface area contributed by atoms with Crippen molar-refractivity contribution in [2.24, 2.45) is 0 Å². The molecular weight excluding hydrogens is 348 g/mol. The lowest BCUT2D eigenvalue weighted by molar-refractivity contribution is -0.881. The molecule has 0 fully saturated rings. The van der Waals surface area contributed by atoms with E-state index in [4.69, 9.17) is 0 Å². The molecule has 0 spiro atoms. The van der Waals surface area contributed by atoms with Gasteiger partial charge in [0.1, 0.15) is 11.6 Å². The van der Waals surface area contributed by atoms with Crippen molar-refractivity contribution in [2.75, 3.05) is 26.2 Å². The summed E-state index contributed by atoms with van der Waals surface area (Å²) in [6.07, 6.45) is -0.835. The SMILES string of the molecule is CCOC(=O)NC(=O)C[NH+](CC)CC(=O)N[C@H](C)c1ccc(F)cc1F. The van der Waals surface area contributed by atoms with Crippen LogP contribution in [0.5, 0.6) is 0 Å². The maximum absolute atomic E-state index is 13.7. The zero-order chi connectivity index (χ0) is 19.7. The smallest absolute Gasteiger partial charge is 0.414 e. The van der Waals surface area contributed by atoms with E-state index >= 15 is 0 Å². The Morgan fingerprint density at radius 1 is 1.15 bits per heavy atom. The van der Waals surface area contributed by atoms with E-state index < -0.39 is 35.6 Å². The molecule has 9 heteroatoms. The Kier molecular flexibility index (Phi) is 8.63. The highest BCUT2D eigenvalue weighted by atomic mass is 19.1. The van der Waals surface area contributed by atoms with Crippen LogP contribution in [0.25, 0.3) is 0 Å². The molecule has 0 aliphatic carbocycles. The van der Waals surface area contributed by atoms with Crippen molar-refractivity contribution >= 4 is 17.9 Å². The molecule has 0 heterocycles. The molecule has 1 unspecified atom stereocenters. The quantitative estimate of drug-likeness (QED) is 0.613. The van der Waals surface area contributed by atoms with Crippen LogP contribution >= 0.6 is 0 Å². The maximum atomic E-state index is 13.7. The summed E-state index contributed by atoms with van der Waals surface area (Å²) in [7, 11) is 0. The molecule has 0 saturated carbocycles. The fraction of sp³-hybridized carbons (Fsp3) is 0.471. The van der Waals surface area contributed by atoms with Crippen LogP contribution in [0.4, 0.5) is 13.6 Å². The third-order valence-corrected chi connectivity index (χ3v) is 3.64. The Balaban J connectivity index is 2.55. The number of ether oxygens (including phenoxy) is 1. The van der Waals surface area contributed by atoms with E-state index in [-0.39, 0.29) is 25.3 Å². The highest BCUT2D eigenvalue weighted by Crippen LogP contribution is 2.17. The number of hydrogen-bond donors (Lipinski definition) is 3. The summed E-state index contributed by atoms with van der Waals surface area (Å²) < 4.78 is 31.3. The molecule has 0 radical (unpaired) electrons. The number of likely N-dealkylation sites (N-methyl/N-ethyl adjacent to an activating group) is 1. The normalized spacial score (nSPS) is 12.8. The standard InChI is InChI=1S/C17H23F2N3O4/c1-4-22(10-16(24)21-17(25)26-5-2)9-15(23)20-11(3)13-7-6-12(18)8-14(13)19/h6-8,11H,4-5,9-10H2,1-3H3,(H,20,23)(H,21,24,25)/p+1/t11-/m1/s1. The van der Waals surface area contributed by atoms with E-state index in [1.807, 2.05) is 0 Å². The molecule has 1 rings (SSSR count). The topological polar surface area (TPSA) is 88.9 Å². The molecule has 2 atom stereocenters. The first-order valence-electron chi connectivity index (χ1n) is 8.31. The van der Waals surface area contributed by atoms with E-state index in [2.05, 4.69) is 15.4 Å². The molecule has 0 aliphatic heterocycles. The van der Waals surface area contributed by atoms with Crippen LogP contribution in [0.1, 0.15) is 32.4 Å². The van der Waals surface area contributed by atoms with Gasteiger partial charge in [0.05, 0.1) is 19.2 Å². The van der Waals surface area contributed by atoms with Crippen molar-refractivity contribution in [3.63, 3.8) is 0 Å². The van der Waals surface area contributed by atoms with Gasteiger partial charge in [-0.25, -0.2) is 13.6 Å². The van der Waals surface area contributed by atoms with Gasteiger partial charge in [0.15, 0.2) is 13.1 Å². The Morgan fingerprint density at radius 2 is 1.81 bits per heavy atom. The summed E-state index contributed by atoms with van der Waals surface area (Å²) in [6, 6.07) is 2.48.